The summed E-state index contributed by atoms with van der Waals surface area (Å²) in [4.78, 5) is 2.24. The molecule has 0 spiro atoms. The van der Waals surface area contributed by atoms with Gasteiger partial charge in [0.05, 0.1) is 13.2 Å². The first-order valence-corrected chi connectivity index (χ1v) is 6.77. The number of hydrogen-bond acceptors (Lipinski definition) is 4. The predicted molar refractivity (Wildman–Crippen MR) is 81.3 cm³/mol. The summed E-state index contributed by atoms with van der Waals surface area (Å²) < 4.78 is 23.7. The van der Waals surface area contributed by atoms with E-state index in [1.54, 1.807) is 26.4 Å². The Kier molecular flexibility index (Phi) is 7.61. The summed E-state index contributed by atoms with van der Waals surface area (Å²) in [6.07, 6.45) is 0. The van der Waals surface area contributed by atoms with Gasteiger partial charge in [0.25, 0.3) is 0 Å². The second-order valence-electron chi connectivity index (χ2n) is 4.44. The van der Waals surface area contributed by atoms with Gasteiger partial charge in [-0.25, -0.2) is 4.39 Å². The number of nitrogens with two attached hydrogens (primary N) is 1. The number of rotatable bonds is 9. The first-order valence-electron chi connectivity index (χ1n) is 6.37. The lowest BCUT2D eigenvalue weighted by Crippen LogP contribution is -2.30. The van der Waals surface area contributed by atoms with E-state index in [0.717, 1.165) is 18.7 Å². The summed E-state index contributed by atoms with van der Waals surface area (Å²) in [7, 11) is 3.33. The fraction of sp³-hybridized carbons (Fsp3) is 0.500. The highest BCUT2D eigenvalue weighted by Crippen LogP contribution is 2.12. The fourth-order valence-corrected chi connectivity index (χ4v) is 1.98. The maximum atomic E-state index is 13.5. The van der Waals surface area contributed by atoms with Gasteiger partial charge >= 0.3 is 0 Å². The van der Waals surface area contributed by atoms with Crippen LogP contribution in [-0.2, 0) is 16.0 Å². The summed E-state index contributed by atoms with van der Waals surface area (Å²) >= 11 is 4.85. The molecule has 1 aromatic carbocycles. The monoisotopic (exact) mass is 300 g/mol. The summed E-state index contributed by atoms with van der Waals surface area (Å²) in [5.41, 5.74) is 6.76. The predicted octanol–water partition coefficient (Wildman–Crippen LogP) is 1.55. The van der Waals surface area contributed by atoms with Crippen molar-refractivity contribution in [2.45, 2.75) is 6.54 Å². The van der Waals surface area contributed by atoms with Crippen LogP contribution in [0.1, 0.15) is 11.1 Å². The van der Waals surface area contributed by atoms with E-state index in [9.17, 15) is 4.39 Å². The zero-order valence-electron chi connectivity index (χ0n) is 11.9. The largest absolute Gasteiger partial charge is 0.389 e. The van der Waals surface area contributed by atoms with Gasteiger partial charge in [-0.1, -0.05) is 18.3 Å². The van der Waals surface area contributed by atoms with Crippen molar-refractivity contribution in [2.75, 3.05) is 40.5 Å². The third-order valence-electron chi connectivity index (χ3n) is 2.93. The highest BCUT2D eigenvalue weighted by molar-refractivity contribution is 7.80. The molecule has 4 nitrogen and oxygen atoms in total. The highest BCUT2D eigenvalue weighted by atomic mass is 32.1. The van der Waals surface area contributed by atoms with E-state index in [0.29, 0.717) is 19.8 Å². The number of thiocarbonyl (C=S) groups is 1. The molecule has 0 bridgehead atoms. The molecule has 0 saturated heterocycles. The van der Waals surface area contributed by atoms with Gasteiger partial charge in [-0.05, 0) is 17.7 Å². The number of halogens is 1. The third kappa shape index (κ3) is 5.50. The van der Waals surface area contributed by atoms with E-state index in [1.165, 1.54) is 6.07 Å². The zero-order valence-corrected chi connectivity index (χ0v) is 12.7. The molecule has 2 N–H and O–H groups in total. The molecule has 0 aliphatic rings. The van der Waals surface area contributed by atoms with Crippen LogP contribution in [0.15, 0.2) is 18.2 Å². The van der Waals surface area contributed by atoms with Crippen LogP contribution < -0.4 is 5.73 Å². The van der Waals surface area contributed by atoms with Crippen LogP contribution in [-0.4, -0.2) is 50.4 Å². The molecule has 0 amide bonds. The van der Waals surface area contributed by atoms with Crippen molar-refractivity contribution in [2.24, 2.45) is 5.73 Å². The van der Waals surface area contributed by atoms with Gasteiger partial charge in [0, 0.05) is 39.4 Å². The second-order valence-corrected chi connectivity index (χ2v) is 4.88. The number of benzene rings is 1. The number of ether oxygens (including phenoxy) is 2. The second kappa shape index (κ2) is 8.97. The zero-order chi connectivity index (χ0) is 15.0. The molecule has 112 valence electrons. The van der Waals surface area contributed by atoms with Gasteiger partial charge in [-0.2, -0.15) is 0 Å². The quantitative estimate of drug-likeness (QED) is 0.701. The van der Waals surface area contributed by atoms with Gasteiger partial charge in [-0.3, -0.25) is 4.90 Å². The first-order chi connectivity index (χ1) is 9.58. The van der Waals surface area contributed by atoms with Gasteiger partial charge in [0.15, 0.2) is 0 Å². The highest BCUT2D eigenvalue weighted by Gasteiger charge is 2.10. The van der Waals surface area contributed by atoms with E-state index in [1.807, 2.05) is 0 Å². The van der Waals surface area contributed by atoms with Crippen molar-refractivity contribution in [3.05, 3.63) is 35.1 Å². The van der Waals surface area contributed by atoms with E-state index in [2.05, 4.69) is 4.90 Å². The molecule has 0 unspecified atom stereocenters. The maximum absolute atomic E-state index is 13.5. The summed E-state index contributed by atoms with van der Waals surface area (Å²) in [5, 5.41) is 0. The molecule has 6 heteroatoms. The molecule has 0 aromatic heterocycles. The minimum absolute atomic E-state index is 0.0738. The van der Waals surface area contributed by atoms with E-state index < -0.39 is 0 Å². The topological polar surface area (TPSA) is 47.7 Å². The smallest absolute Gasteiger partial charge is 0.133 e. The fourth-order valence-electron chi connectivity index (χ4n) is 1.83. The van der Waals surface area contributed by atoms with Crippen LogP contribution in [0, 0.1) is 5.82 Å². The van der Waals surface area contributed by atoms with Crippen molar-refractivity contribution < 1.29 is 13.9 Å². The van der Waals surface area contributed by atoms with Gasteiger partial charge in [0.2, 0.25) is 0 Å². The van der Waals surface area contributed by atoms with Crippen LogP contribution in [0.4, 0.5) is 4.39 Å². The summed E-state index contributed by atoms with van der Waals surface area (Å²) in [6.45, 7) is 3.49. The number of hydrogen-bond donors (Lipinski definition) is 1. The van der Waals surface area contributed by atoms with E-state index in [4.69, 9.17) is 27.4 Å². The lowest BCUT2D eigenvalue weighted by atomic mass is 10.1. The molecular formula is C14H21FN2O2S. The van der Waals surface area contributed by atoms with Crippen LogP contribution in [0.3, 0.4) is 0 Å². The van der Waals surface area contributed by atoms with Gasteiger partial charge in [-0.15, -0.1) is 0 Å². The SMILES string of the molecule is COCCN(CCOC)Cc1ccc(F)c(C(N)=S)c1. The molecule has 0 fully saturated rings. The van der Waals surface area contributed by atoms with Crippen LogP contribution in [0.5, 0.6) is 0 Å². The Bertz CT molecular complexity index is 435. The molecule has 1 rings (SSSR count). The molecule has 0 atom stereocenters. The Morgan fingerprint density at radius 1 is 1.25 bits per heavy atom. The van der Waals surface area contributed by atoms with Crippen molar-refractivity contribution in [3.63, 3.8) is 0 Å². The molecule has 20 heavy (non-hydrogen) atoms. The van der Waals surface area contributed by atoms with Crippen molar-refractivity contribution in [3.8, 4) is 0 Å². The molecule has 0 heterocycles. The lowest BCUT2D eigenvalue weighted by molar-refractivity contribution is 0.110. The minimum Gasteiger partial charge on any atom is -0.389 e. The van der Waals surface area contributed by atoms with Crippen molar-refractivity contribution in [1.82, 2.24) is 4.90 Å². The van der Waals surface area contributed by atoms with Gasteiger partial charge < -0.3 is 15.2 Å². The normalized spacial score (nSPS) is 11.0. The van der Waals surface area contributed by atoms with E-state index in [-0.39, 0.29) is 16.4 Å². The molecular weight excluding hydrogens is 279 g/mol. The number of nitrogens with zero attached hydrogens (tertiary/aromatic N) is 1. The maximum Gasteiger partial charge on any atom is 0.133 e. The Hall–Kier alpha value is -1.08. The van der Waals surface area contributed by atoms with Crippen molar-refractivity contribution in [1.29, 1.82) is 0 Å². The number of methoxy groups -OCH3 is 2. The minimum atomic E-state index is -0.387. The van der Waals surface area contributed by atoms with Crippen LogP contribution >= 0.6 is 12.2 Å². The summed E-state index contributed by atoms with van der Waals surface area (Å²) in [5.74, 6) is -0.387. The lowest BCUT2D eigenvalue weighted by Gasteiger charge is -2.22. The molecule has 1 aromatic rings. The molecule has 0 radical (unpaired) electrons. The Balaban J connectivity index is 2.76. The van der Waals surface area contributed by atoms with E-state index >= 15 is 0 Å². The third-order valence-corrected chi connectivity index (χ3v) is 3.15. The Labute approximate surface area is 124 Å². The Morgan fingerprint density at radius 2 is 1.85 bits per heavy atom. The average molecular weight is 300 g/mol. The van der Waals surface area contributed by atoms with Crippen molar-refractivity contribution >= 4 is 17.2 Å². The Morgan fingerprint density at radius 3 is 2.35 bits per heavy atom. The first kappa shape index (κ1) is 17.0. The van der Waals surface area contributed by atoms with Gasteiger partial charge in [0.1, 0.15) is 10.8 Å². The molecule has 0 aliphatic carbocycles. The molecule has 0 aliphatic heterocycles. The molecule has 0 saturated carbocycles. The van der Waals surface area contributed by atoms with Crippen LogP contribution in [0.25, 0.3) is 0 Å². The standard InChI is InChI=1S/C14H21FN2O2S/c1-18-7-5-17(6-8-19-2)10-11-3-4-13(15)12(9-11)14(16)20/h3-4,9H,5-8,10H2,1-2H3,(H2,16,20). The summed E-state index contributed by atoms with van der Waals surface area (Å²) in [6, 6.07) is 4.84. The van der Waals surface area contributed by atoms with Crippen LogP contribution in [0.2, 0.25) is 0 Å². The average Bonchev–Trinajstić information content (AvgIpc) is 2.43.